The van der Waals surface area contributed by atoms with E-state index in [2.05, 4.69) is 0 Å². The predicted octanol–water partition coefficient (Wildman–Crippen LogP) is 3.17. The summed E-state index contributed by atoms with van der Waals surface area (Å²) in [5.74, 6) is -1.14. The standard InChI is InChI=1S/C19H23NO5/c1-5-24-17(22)15-12-14(11-13-9-7-6-8-10-13)16(21)20(15)18(23)25-19(2,3)4/h6-11,15H,5,12H2,1-4H3/b14-11+/t15-/m1/s1. The van der Waals surface area contributed by atoms with Crippen LogP contribution in [0.4, 0.5) is 4.79 Å². The number of likely N-dealkylation sites (tertiary alicyclic amines) is 1. The second-order valence-corrected chi connectivity index (χ2v) is 6.71. The van der Waals surface area contributed by atoms with Crippen LogP contribution in [0.5, 0.6) is 0 Å². The molecular formula is C19H23NO5. The van der Waals surface area contributed by atoms with Crippen LogP contribution >= 0.6 is 0 Å². The van der Waals surface area contributed by atoms with Crippen LogP contribution in [0.2, 0.25) is 0 Å². The van der Waals surface area contributed by atoms with Crippen LogP contribution < -0.4 is 0 Å². The van der Waals surface area contributed by atoms with Crippen LogP contribution in [0, 0.1) is 0 Å². The third-order valence-electron chi connectivity index (χ3n) is 3.51. The zero-order valence-electron chi connectivity index (χ0n) is 14.9. The monoisotopic (exact) mass is 345 g/mol. The largest absolute Gasteiger partial charge is 0.464 e. The number of ether oxygens (including phenoxy) is 2. The van der Waals surface area contributed by atoms with Crippen molar-refractivity contribution < 1.29 is 23.9 Å². The maximum atomic E-state index is 12.7. The molecule has 0 saturated carbocycles. The molecule has 0 aromatic heterocycles. The highest BCUT2D eigenvalue weighted by atomic mass is 16.6. The number of hydrogen-bond donors (Lipinski definition) is 0. The molecule has 0 radical (unpaired) electrons. The summed E-state index contributed by atoms with van der Waals surface area (Å²) < 4.78 is 10.3. The van der Waals surface area contributed by atoms with Crippen molar-refractivity contribution in [3.63, 3.8) is 0 Å². The first kappa shape index (κ1) is 18.7. The lowest BCUT2D eigenvalue weighted by Crippen LogP contribution is -2.46. The van der Waals surface area contributed by atoms with Crippen molar-refractivity contribution in [3.8, 4) is 0 Å². The quantitative estimate of drug-likeness (QED) is 0.621. The van der Waals surface area contributed by atoms with Gasteiger partial charge in [0.05, 0.1) is 6.61 Å². The zero-order chi connectivity index (χ0) is 18.6. The summed E-state index contributed by atoms with van der Waals surface area (Å²) in [5, 5.41) is 0. The first-order valence-corrected chi connectivity index (χ1v) is 8.21. The van der Waals surface area contributed by atoms with Gasteiger partial charge in [-0.1, -0.05) is 30.3 Å². The number of esters is 1. The average Bonchev–Trinajstić information content (AvgIpc) is 2.84. The number of imide groups is 1. The number of benzene rings is 1. The molecular weight excluding hydrogens is 322 g/mol. The molecule has 25 heavy (non-hydrogen) atoms. The molecule has 1 heterocycles. The Morgan fingerprint density at radius 3 is 2.44 bits per heavy atom. The van der Waals surface area contributed by atoms with Crippen molar-refractivity contribution in [2.75, 3.05) is 6.61 Å². The molecule has 1 fully saturated rings. The second-order valence-electron chi connectivity index (χ2n) is 6.71. The van der Waals surface area contributed by atoms with Crippen molar-refractivity contribution in [2.24, 2.45) is 0 Å². The van der Waals surface area contributed by atoms with Gasteiger partial charge < -0.3 is 9.47 Å². The Hall–Kier alpha value is -2.63. The molecule has 6 nitrogen and oxygen atoms in total. The smallest absolute Gasteiger partial charge is 0.418 e. The molecule has 0 unspecified atom stereocenters. The molecule has 6 heteroatoms. The van der Waals surface area contributed by atoms with Crippen LogP contribution in [0.1, 0.15) is 39.7 Å². The molecule has 1 aromatic carbocycles. The fourth-order valence-electron chi connectivity index (χ4n) is 2.50. The van der Waals surface area contributed by atoms with E-state index in [4.69, 9.17) is 9.47 Å². The van der Waals surface area contributed by atoms with Gasteiger partial charge in [0.15, 0.2) is 0 Å². The SMILES string of the molecule is CCOC(=O)[C@H]1C/C(=C\c2ccccc2)C(=O)N1C(=O)OC(C)(C)C. The maximum Gasteiger partial charge on any atom is 0.418 e. The molecule has 2 rings (SSSR count). The summed E-state index contributed by atoms with van der Waals surface area (Å²) in [6.07, 6.45) is 0.942. The summed E-state index contributed by atoms with van der Waals surface area (Å²) in [6, 6.07) is 8.25. The Bertz CT molecular complexity index is 688. The van der Waals surface area contributed by atoms with Crippen LogP contribution in [0.15, 0.2) is 35.9 Å². The molecule has 0 aliphatic carbocycles. The second kappa shape index (κ2) is 7.51. The molecule has 0 N–H and O–H groups in total. The topological polar surface area (TPSA) is 72.9 Å². The molecule has 134 valence electrons. The van der Waals surface area contributed by atoms with E-state index in [1.807, 2.05) is 30.3 Å². The lowest BCUT2D eigenvalue weighted by molar-refractivity contribution is -0.150. The van der Waals surface area contributed by atoms with Gasteiger partial charge in [-0.3, -0.25) is 4.79 Å². The fourth-order valence-corrected chi connectivity index (χ4v) is 2.50. The summed E-state index contributed by atoms with van der Waals surface area (Å²) >= 11 is 0. The minimum Gasteiger partial charge on any atom is -0.464 e. The van der Waals surface area contributed by atoms with Crippen molar-refractivity contribution in [3.05, 3.63) is 41.5 Å². The predicted molar refractivity (Wildman–Crippen MR) is 92.5 cm³/mol. The maximum absolute atomic E-state index is 12.7. The van der Waals surface area contributed by atoms with E-state index in [1.54, 1.807) is 33.8 Å². The highest BCUT2D eigenvalue weighted by Gasteiger charge is 2.46. The van der Waals surface area contributed by atoms with Crippen molar-refractivity contribution >= 4 is 24.0 Å². The molecule has 1 saturated heterocycles. The highest BCUT2D eigenvalue weighted by molar-refractivity contribution is 6.11. The van der Waals surface area contributed by atoms with Gasteiger partial charge in [-0.2, -0.15) is 0 Å². The van der Waals surface area contributed by atoms with Crippen LogP contribution in [-0.2, 0) is 19.1 Å². The number of amides is 2. The summed E-state index contributed by atoms with van der Waals surface area (Å²) in [4.78, 5) is 38.2. The van der Waals surface area contributed by atoms with E-state index in [0.29, 0.717) is 5.57 Å². The van der Waals surface area contributed by atoms with Gasteiger partial charge in [0.1, 0.15) is 11.6 Å². The highest BCUT2D eigenvalue weighted by Crippen LogP contribution is 2.29. The average molecular weight is 345 g/mol. The van der Waals surface area contributed by atoms with E-state index in [0.717, 1.165) is 10.5 Å². The molecule has 0 spiro atoms. The number of carbonyl (C=O) groups excluding carboxylic acids is 3. The van der Waals surface area contributed by atoms with E-state index < -0.39 is 29.6 Å². The van der Waals surface area contributed by atoms with E-state index >= 15 is 0 Å². The lowest BCUT2D eigenvalue weighted by atomic mass is 10.1. The minimum atomic E-state index is -1.00. The number of carbonyl (C=O) groups is 3. The molecule has 1 atom stereocenters. The van der Waals surface area contributed by atoms with Crippen molar-refractivity contribution in [1.29, 1.82) is 0 Å². The summed E-state index contributed by atoms with van der Waals surface area (Å²) in [5.41, 5.74) is 0.414. The fraction of sp³-hybridized carbons (Fsp3) is 0.421. The number of rotatable bonds is 3. The number of hydrogen-bond acceptors (Lipinski definition) is 5. The first-order chi connectivity index (χ1) is 11.7. The van der Waals surface area contributed by atoms with Gasteiger partial charge in [-0.15, -0.1) is 0 Å². The lowest BCUT2D eigenvalue weighted by Gasteiger charge is -2.26. The zero-order valence-corrected chi connectivity index (χ0v) is 14.9. The molecule has 1 aliphatic heterocycles. The molecule has 0 bridgehead atoms. The third-order valence-corrected chi connectivity index (χ3v) is 3.51. The van der Waals surface area contributed by atoms with Crippen LogP contribution in [0.3, 0.4) is 0 Å². The Balaban J connectivity index is 2.33. The minimum absolute atomic E-state index is 0.103. The number of nitrogens with zero attached hydrogens (tertiary/aromatic N) is 1. The van der Waals surface area contributed by atoms with E-state index in [9.17, 15) is 14.4 Å². The molecule has 1 aliphatic rings. The van der Waals surface area contributed by atoms with E-state index in [-0.39, 0.29) is 13.0 Å². The normalized spacial score (nSPS) is 19.2. The van der Waals surface area contributed by atoms with Crippen LogP contribution in [-0.4, -0.2) is 41.1 Å². The molecule has 2 amide bonds. The Morgan fingerprint density at radius 1 is 1.24 bits per heavy atom. The van der Waals surface area contributed by atoms with Gasteiger partial charge >= 0.3 is 12.1 Å². The van der Waals surface area contributed by atoms with Gasteiger partial charge in [0, 0.05) is 12.0 Å². The van der Waals surface area contributed by atoms with Gasteiger partial charge in [-0.05, 0) is 39.3 Å². The Morgan fingerprint density at radius 2 is 1.88 bits per heavy atom. The summed E-state index contributed by atoms with van der Waals surface area (Å²) in [6.45, 7) is 6.94. The van der Waals surface area contributed by atoms with E-state index in [1.165, 1.54) is 0 Å². The summed E-state index contributed by atoms with van der Waals surface area (Å²) in [7, 11) is 0. The van der Waals surface area contributed by atoms with Gasteiger partial charge in [-0.25, -0.2) is 14.5 Å². The third kappa shape index (κ3) is 4.68. The molecule has 1 aromatic rings. The van der Waals surface area contributed by atoms with Crippen molar-refractivity contribution in [1.82, 2.24) is 4.90 Å². The van der Waals surface area contributed by atoms with Gasteiger partial charge in [0.2, 0.25) is 0 Å². The van der Waals surface area contributed by atoms with Gasteiger partial charge in [0.25, 0.3) is 5.91 Å². The Labute approximate surface area is 147 Å². The first-order valence-electron chi connectivity index (χ1n) is 8.21. The van der Waals surface area contributed by atoms with Crippen molar-refractivity contribution in [2.45, 2.75) is 45.8 Å². The Kier molecular flexibility index (Phi) is 5.62. The van der Waals surface area contributed by atoms with Crippen LogP contribution in [0.25, 0.3) is 6.08 Å².